The zero-order chi connectivity index (χ0) is 70.8. The van der Waals surface area contributed by atoms with Crippen LogP contribution in [0.4, 0.5) is 35.3 Å². The van der Waals surface area contributed by atoms with E-state index in [0.29, 0.717) is 43.3 Å². The van der Waals surface area contributed by atoms with E-state index in [4.69, 9.17) is 31.3 Å². The van der Waals surface area contributed by atoms with Crippen molar-refractivity contribution in [3.8, 4) is 0 Å². The Morgan fingerprint density at radius 3 is 1.54 bits per heavy atom. The summed E-state index contributed by atoms with van der Waals surface area (Å²) in [6.45, 7) is 25.7. The fourth-order valence-corrected chi connectivity index (χ4v) is 6.23. The lowest BCUT2D eigenvalue weighted by Gasteiger charge is -2.28. The van der Waals surface area contributed by atoms with E-state index >= 15 is 0 Å². The molecule has 0 radical (unpaired) electrons. The van der Waals surface area contributed by atoms with Crippen LogP contribution in [-0.2, 0) is 32.3 Å². The molecule has 2 aromatic carbocycles. The Bertz CT molecular complexity index is 2360. The molecule has 83 heavy (non-hydrogen) atoms. The molecule has 26 heteroatoms. The number of carbonyl (C=O) groups excluding carboxylic acids is 5. The topological polar surface area (TPSA) is 419 Å². The standard InChI is InChI=1S/C12H16N2O3.C12H23NO3.C8H10N2O2.C7H7N.C5H12N2O2.C5H10N2O.C5H11NO2.C3H8.H3N.H2O/c1-8(2)11(15)14-10-5-3-9(4-6-10)7-17-12(13)16;1-9(2)10(14)12(3,4)7-6-8-13(5)11(15)16;9-7-3-1-6(2-4-7)5-12-8(10)11;1-6-2-4-7(8)5-3-6;1-6-3-4-7(2)5(6,8)9;1-6-3-4-7(2)5(6)8;1-3-4-6(2)5(7)8;1-3-2;;/h3-6,8H,7H2,1-2H3,(H2,13,16)(H,14,15);9H,6-8H2,1-5H3,(H,15,16);1-4H,5,9H2,(H2,10,11);2-5,8H,1H2;8-9H,3-4H2,1-2H3;3-4H2,1-2H3;3-4H2,1-2H3,(H,7,8);3H2,1-2H3;1H3;1H2/i;;;;8D;;;;;/hD6. The number of rotatable bonds is 15. The molecule has 2 aromatic rings. The molecule has 2 saturated heterocycles. The number of carboxylic acid groups (broad SMARTS) is 2. The molecule has 26 nitrogen and oxygen atoms in total. The van der Waals surface area contributed by atoms with Gasteiger partial charge in [-0.2, -0.15) is 0 Å². The Kier molecular flexibility index (Phi) is 37.7. The lowest BCUT2D eigenvalue weighted by atomic mass is 9.79. The van der Waals surface area contributed by atoms with E-state index in [1.54, 1.807) is 120 Å². The molecule has 3 aliphatic rings. The third kappa shape index (κ3) is 40.3. The number of nitrogens with two attached hydrogens (primary N) is 3. The number of likely N-dealkylation sites (N-methyl/N-ethyl adjacent to an activating group) is 4. The summed E-state index contributed by atoms with van der Waals surface area (Å²) >= 11 is 0. The van der Waals surface area contributed by atoms with Gasteiger partial charge in [0, 0.05) is 96.1 Å². The van der Waals surface area contributed by atoms with Crippen molar-refractivity contribution >= 4 is 59.2 Å². The van der Waals surface area contributed by atoms with Crippen LogP contribution in [0, 0.1) is 22.7 Å². The molecule has 0 unspecified atom stereocenters. The third-order valence-electron chi connectivity index (χ3n) is 11.3. The molecule has 474 valence electrons. The number of anilines is 2. The number of hydrogen-bond acceptors (Lipinski definition) is 18. The second-order valence-corrected chi connectivity index (χ2v) is 20.1. The maximum absolute atomic E-state index is 11.9. The molecular weight excluding hydrogens is 1080 g/mol. The van der Waals surface area contributed by atoms with Crippen LogP contribution in [0.15, 0.2) is 85.0 Å². The summed E-state index contributed by atoms with van der Waals surface area (Å²) in [4.78, 5) is 85.9. The average molecular weight is 1190 g/mol. The molecule has 2 fully saturated rings. The molecule has 0 spiro atoms. The average Bonchev–Trinajstić information content (AvgIpc) is 2.64. The minimum Gasteiger partial charge on any atom is -0.465 e. The van der Waals surface area contributed by atoms with Crippen molar-refractivity contribution in [1.29, 1.82) is 9.70 Å². The quantitative estimate of drug-likeness (QED) is 0.0619. The predicted octanol–water partition coefficient (Wildman–Crippen LogP) is 7.26. The Balaban J connectivity index is -0.000000312. The maximum atomic E-state index is 11.9. The molecule has 7 amide bonds. The number of ether oxygens (including phenoxy) is 2. The van der Waals surface area contributed by atoms with Crippen LogP contribution in [0.2, 0.25) is 4.24 Å². The Labute approximate surface area is 502 Å². The SMILES string of the molecule is C=C1C=CC(=N)C=C1.CCC.CN1CCN(C)C1=O.[2H]N.[2H]NC(=O)OCc1ccc(N)cc1.[2H]NC(=O)OCc1ccc(NC(=O)C(C)C)cc1.[2H]O.[2H]OC(=O)N(C)CCC.[2H]OC(=O)N(C)CCCC(C)(C)C(=O)C(C)C.[2H]OC1(O)N(C)CCN1C. The minimum atomic E-state index is -1.51. The van der Waals surface area contributed by atoms with Gasteiger partial charge in [-0.1, -0.05) is 112 Å². The molecule has 0 saturated carbocycles. The van der Waals surface area contributed by atoms with Gasteiger partial charge in [0.05, 0.1) is 5.71 Å². The Morgan fingerprint density at radius 1 is 0.795 bits per heavy atom. The molecule has 17 N–H and O–H groups in total. The van der Waals surface area contributed by atoms with E-state index in [9.17, 15) is 38.7 Å². The van der Waals surface area contributed by atoms with Gasteiger partial charge < -0.3 is 89.0 Å². The highest BCUT2D eigenvalue weighted by atomic mass is 16.6. The number of benzene rings is 2. The predicted molar refractivity (Wildman–Crippen MR) is 327 cm³/mol. The zero-order valence-corrected chi connectivity index (χ0v) is 51.4. The van der Waals surface area contributed by atoms with Crippen LogP contribution in [0.25, 0.3) is 2.86 Å². The highest BCUT2D eigenvalue weighted by Crippen LogP contribution is 2.27. The van der Waals surface area contributed by atoms with E-state index < -0.39 is 30.4 Å². The number of nitrogens with one attached hydrogen (secondary N) is 2. The van der Waals surface area contributed by atoms with Gasteiger partial charge in [-0.05, 0) is 86.5 Å². The lowest BCUT2D eigenvalue weighted by molar-refractivity contribution is -0.306. The van der Waals surface area contributed by atoms with Crippen molar-refractivity contribution in [3.05, 3.63) is 96.1 Å². The second-order valence-electron chi connectivity index (χ2n) is 20.1. The molecule has 5 rings (SSSR count). The first kappa shape index (κ1) is 69.6. The van der Waals surface area contributed by atoms with Crippen LogP contribution in [-0.4, -0.2) is 192 Å². The number of hydrogen-bond donors (Lipinski definition) is 10. The van der Waals surface area contributed by atoms with Crippen molar-refractivity contribution in [2.75, 3.05) is 92.6 Å². The van der Waals surface area contributed by atoms with E-state index in [0.717, 1.165) is 49.1 Å². The van der Waals surface area contributed by atoms with Crippen LogP contribution in [0.5, 0.6) is 0 Å². The van der Waals surface area contributed by atoms with Gasteiger partial charge in [0.25, 0.3) is 8.90 Å². The molecule has 0 bridgehead atoms. The van der Waals surface area contributed by atoms with Crippen LogP contribution in [0.3, 0.4) is 0 Å². The smallest absolute Gasteiger partial charge is 0.407 e. The van der Waals surface area contributed by atoms with Crippen molar-refractivity contribution in [2.45, 2.75) is 107 Å². The summed E-state index contributed by atoms with van der Waals surface area (Å²) in [5.41, 5.74) is 19.0. The van der Waals surface area contributed by atoms with E-state index in [2.05, 4.69) is 52.0 Å². The number of amides is 7. The first-order chi connectivity index (χ1) is 42.2. The number of Topliss-reactive ketones (excluding diaryl/α,β-unsaturated/α-hetero) is 1. The van der Waals surface area contributed by atoms with E-state index in [1.807, 2.05) is 74.7 Å². The van der Waals surface area contributed by atoms with E-state index in [1.165, 1.54) is 16.2 Å². The highest BCUT2D eigenvalue weighted by Gasteiger charge is 2.39. The van der Waals surface area contributed by atoms with Crippen molar-refractivity contribution in [3.63, 3.8) is 0 Å². The largest absolute Gasteiger partial charge is 0.465 e. The molecule has 1 aliphatic carbocycles. The van der Waals surface area contributed by atoms with Gasteiger partial charge in [0.1, 0.15) is 20.4 Å². The lowest BCUT2D eigenvalue weighted by Crippen LogP contribution is -2.50. The van der Waals surface area contributed by atoms with Crippen molar-refractivity contribution < 1.29 is 74.6 Å². The Hall–Kier alpha value is -7.62. The summed E-state index contributed by atoms with van der Waals surface area (Å²) in [6, 6.07) is 12.5. The molecule has 0 aromatic heterocycles. The number of urea groups is 1. The van der Waals surface area contributed by atoms with Gasteiger partial charge in [-0.25, -0.2) is 33.8 Å². The number of nitrogens with zero attached hydrogens (tertiary/aromatic N) is 6. The van der Waals surface area contributed by atoms with E-state index in [-0.39, 0.29) is 48.2 Å². The summed E-state index contributed by atoms with van der Waals surface area (Å²) in [5, 5.41) is 31.0. The fraction of sp³-hybridized carbons (Fsp3) is 0.544. The number of primary amides is 2. The van der Waals surface area contributed by atoms with Crippen LogP contribution >= 0.6 is 0 Å². The molecular formula is C57H102N12O14. The first-order valence-electron chi connectivity index (χ1n) is 29.6. The van der Waals surface area contributed by atoms with Gasteiger partial charge in [-0.15, -0.1) is 0 Å². The highest BCUT2D eigenvalue weighted by molar-refractivity contribution is 6.03. The molecule has 2 heterocycles. The number of aliphatic hydroxyl groups is 2. The normalized spacial score (nSPS) is 14.4. The second kappa shape index (κ2) is 45.0. The number of ketones is 1. The molecule has 0 atom stereocenters. The van der Waals surface area contributed by atoms with Crippen LogP contribution in [0.1, 0.15) is 101 Å². The number of nitrogen functional groups attached to an aromatic ring is 1. The van der Waals surface area contributed by atoms with Crippen molar-refractivity contribution in [2.24, 2.45) is 28.7 Å². The first-order valence-corrected chi connectivity index (χ1v) is 26.3. The monoisotopic (exact) mass is 1190 g/mol. The Morgan fingerprint density at radius 2 is 1.22 bits per heavy atom. The zero-order valence-electron chi connectivity index (χ0n) is 58.4. The van der Waals surface area contributed by atoms with Crippen molar-refractivity contribution in [1.82, 2.24) is 35.5 Å². The third-order valence-corrected chi connectivity index (χ3v) is 11.3. The minimum absolute atomic E-state index is 0.0286. The number of allylic oxidation sites excluding steroid dienone is 5. The van der Waals surface area contributed by atoms with Gasteiger partial charge in [0.2, 0.25) is 8.77 Å². The summed E-state index contributed by atoms with van der Waals surface area (Å²) in [6.07, 6.45) is 11.6. The van der Waals surface area contributed by atoms with Gasteiger partial charge in [0.15, 0.2) is 2.82 Å². The van der Waals surface area contributed by atoms with Gasteiger partial charge >= 0.3 is 30.4 Å². The number of carbonyl (C=O) groups is 7. The summed E-state index contributed by atoms with van der Waals surface area (Å²) in [7, 11) is 10.2. The molecule has 2 aliphatic heterocycles. The summed E-state index contributed by atoms with van der Waals surface area (Å²) in [5.74, 6) is 0.144. The van der Waals surface area contributed by atoms with Crippen LogP contribution < -0.4 is 28.6 Å². The summed E-state index contributed by atoms with van der Waals surface area (Å²) < 4.78 is 51.7. The van der Waals surface area contributed by atoms with Gasteiger partial charge in [-0.3, -0.25) is 9.59 Å². The fourth-order valence-electron chi connectivity index (χ4n) is 6.23. The maximum Gasteiger partial charge on any atom is 0.407 e.